The predicted molar refractivity (Wildman–Crippen MR) is 81.6 cm³/mol. The van der Waals surface area contributed by atoms with Crippen LogP contribution in [-0.2, 0) is 9.53 Å². The molecule has 0 N–H and O–H groups in total. The van der Waals surface area contributed by atoms with Crippen LogP contribution in [0, 0.1) is 0 Å². The van der Waals surface area contributed by atoms with Crippen LogP contribution in [0.4, 0.5) is 0 Å². The molecule has 0 spiro atoms. The second kappa shape index (κ2) is 6.68. The number of rotatable bonds is 5. The maximum atomic E-state index is 11.4. The third-order valence-electron chi connectivity index (χ3n) is 2.59. The maximum Gasteiger partial charge on any atom is 0.330 e. The summed E-state index contributed by atoms with van der Waals surface area (Å²) in [6.45, 7) is 3.99. The fraction of sp³-hybridized carbons (Fsp3) is 0.312. The zero-order valence-corrected chi connectivity index (χ0v) is 12.7. The summed E-state index contributed by atoms with van der Waals surface area (Å²) in [6.07, 6.45) is 6.59. The molecule has 0 atom stereocenters. The number of hydrogen-bond donors (Lipinski definition) is 0. The summed E-state index contributed by atoms with van der Waals surface area (Å²) in [5.41, 5.74) is 0.958. The summed E-state index contributed by atoms with van der Waals surface area (Å²) < 4.78 is 15.5. The molecule has 1 aromatic carbocycles. The molecule has 0 saturated heterocycles. The van der Waals surface area contributed by atoms with Gasteiger partial charge in [0, 0.05) is 6.08 Å². The molecule has 5 heteroatoms. The van der Waals surface area contributed by atoms with Gasteiger partial charge in [0.25, 0.3) is 0 Å². The van der Waals surface area contributed by atoms with E-state index in [0.29, 0.717) is 0 Å². The lowest BCUT2D eigenvalue weighted by Crippen LogP contribution is -2.21. The Morgan fingerprint density at radius 3 is 2.86 bits per heavy atom. The van der Waals surface area contributed by atoms with Crippen LogP contribution in [0.3, 0.4) is 0 Å². The molecule has 0 saturated carbocycles. The number of halogens is 1. The van der Waals surface area contributed by atoms with Gasteiger partial charge in [0.1, 0.15) is 6.61 Å². The van der Waals surface area contributed by atoms with Gasteiger partial charge in [-0.3, -0.25) is 0 Å². The average Bonchev–Trinajstić information content (AvgIpc) is 2.88. The first kappa shape index (κ1) is 15.4. The van der Waals surface area contributed by atoms with Gasteiger partial charge in [-0.2, -0.15) is 0 Å². The summed E-state index contributed by atoms with van der Waals surface area (Å²) in [7, 11) is 0. The van der Waals surface area contributed by atoms with E-state index in [1.807, 2.05) is 24.3 Å². The van der Waals surface area contributed by atoms with Crippen LogP contribution in [-0.4, -0.2) is 24.2 Å². The number of benzene rings is 1. The molecule has 0 unspecified atom stereocenters. The fourth-order valence-electron chi connectivity index (χ4n) is 1.61. The van der Waals surface area contributed by atoms with E-state index in [2.05, 4.69) is 0 Å². The zero-order chi connectivity index (χ0) is 15.3. The van der Waals surface area contributed by atoms with Gasteiger partial charge in [0.2, 0.25) is 6.79 Å². The van der Waals surface area contributed by atoms with Crippen LogP contribution in [0.25, 0.3) is 6.08 Å². The first-order valence-electron chi connectivity index (χ1n) is 6.54. The standard InChI is InChI=1S/C16H17ClO4/c1-16(2,17)10-19-15(18)6-4-3-5-12-7-8-13-14(9-12)21-11-20-13/h3-9H,10-11H2,1-2H3/b5-3+,6-4+. The first-order chi connectivity index (χ1) is 9.94. The van der Waals surface area contributed by atoms with Crippen molar-refractivity contribution in [3.05, 3.63) is 42.0 Å². The normalized spacial score (nSPS) is 14.0. The smallest absolute Gasteiger partial charge is 0.330 e. The van der Waals surface area contributed by atoms with E-state index in [0.717, 1.165) is 17.1 Å². The van der Waals surface area contributed by atoms with Crippen LogP contribution in [0.15, 0.2) is 36.4 Å². The molecule has 0 radical (unpaired) electrons. The largest absolute Gasteiger partial charge is 0.461 e. The molecular formula is C16H17ClO4. The van der Waals surface area contributed by atoms with Crippen molar-refractivity contribution in [2.45, 2.75) is 18.7 Å². The molecule has 1 aromatic rings. The van der Waals surface area contributed by atoms with Crippen molar-refractivity contribution >= 4 is 23.6 Å². The Bertz CT molecular complexity index is 570. The molecule has 0 amide bonds. The van der Waals surface area contributed by atoms with Crippen molar-refractivity contribution < 1.29 is 19.0 Å². The molecule has 0 aromatic heterocycles. The second-order valence-electron chi connectivity index (χ2n) is 5.16. The summed E-state index contributed by atoms with van der Waals surface area (Å²) in [5, 5.41) is 0. The zero-order valence-electron chi connectivity index (χ0n) is 12.0. The van der Waals surface area contributed by atoms with Crippen molar-refractivity contribution in [1.82, 2.24) is 0 Å². The molecule has 21 heavy (non-hydrogen) atoms. The average molecular weight is 309 g/mol. The van der Waals surface area contributed by atoms with Gasteiger partial charge in [-0.05, 0) is 31.5 Å². The summed E-state index contributed by atoms with van der Waals surface area (Å²) in [4.78, 5) is 10.9. The van der Waals surface area contributed by atoms with Gasteiger partial charge < -0.3 is 14.2 Å². The van der Waals surface area contributed by atoms with Crippen LogP contribution in [0.5, 0.6) is 11.5 Å². The molecule has 1 aliphatic rings. The highest BCUT2D eigenvalue weighted by molar-refractivity contribution is 6.23. The Morgan fingerprint density at radius 1 is 1.33 bits per heavy atom. The molecule has 1 heterocycles. The van der Waals surface area contributed by atoms with E-state index in [-0.39, 0.29) is 13.4 Å². The van der Waals surface area contributed by atoms with Crippen molar-refractivity contribution in [2.24, 2.45) is 0 Å². The highest BCUT2D eigenvalue weighted by Gasteiger charge is 2.15. The third kappa shape index (κ3) is 5.16. The highest BCUT2D eigenvalue weighted by atomic mass is 35.5. The summed E-state index contributed by atoms with van der Waals surface area (Å²) in [5.74, 6) is 1.05. The van der Waals surface area contributed by atoms with Gasteiger partial charge in [-0.25, -0.2) is 4.79 Å². The van der Waals surface area contributed by atoms with E-state index in [1.165, 1.54) is 6.08 Å². The Labute approximate surface area is 129 Å². The van der Waals surface area contributed by atoms with Gasteiger partial charge in [-0.15, -0.1) is 11.6 Å². The SMILES string of the molecule is CC(C)(Cl)COC(=O)/C=C/C=C/c1ccc2c(c1)OCO2. The molecule has 0 bridgehead atoms. The Hall–Kier alpha value is -1.94. The monoisotopic (exact) mass is 308 g/mol. The number of fused-ring (bicyclic) bond motifs is 1. The lowest BCUT2D eigenvalue weighted by Gasteiger charge is -2.14. The lowest BCUT2D eigenvalue weighted by atomic mass is 10.2. The van der Waals surface area contributed by atoms with Crippen LogP contribution < -0.4 is 9.47 Å². The van der Waals surface area contributed by atoms with Crippen molar-refractivity contribution in [3.8, 4) is 11.5 Å². The number of ether oxygens (including phenoxy) is 3. The van der Waals surface area contributed by atoms with Crippen molar-refractivity contribution in [3.63, 3.8) is 0 Å². The maximum absolute atomic E-state index is 11.4. The minimum Gasteiger partial charge on any atom is -0.461 e. The summed E-state index contributed by atoms with van der Waals surface area (Å²) in [6, 6.07) is 5.63. The number of esters is 1. The van der Waals surface area contributed by atoms with E-state index >= 15 is 0 Å². The highest BCUT2D eigenvalue weighted by Crippen LogP contribution is 2.32. The van der Waals surface area contributed by atoms with Gasteiger partial charge in [0.15, 0.2) is 11.5 Å². The fourth-order valence-corrected chi connectivity index (χ4v) is 1.66. The van der Waals surface area contributed by atoms with E-state index < -0.39 is 10.8 Å². The lowest BCUT2D eigenvalue weighted by molar-refractivity contribution is -0.138. The molecule has 4 nitrogen and oxygen atoms in total. The van der Waals surface area contributed by atoms with E-state index in [9.17, 15) is 4.79 Å². The number of hydrogen-bond acceptors (Lipinski definition) is 4. The second-order valence-corrected chi connectivity index (χ2v) is 6.18. The van der Waals surface area contributed by atoms with E-state index in [4.69, 9.17) is 25.8 Å². The van der Waals surface area contributed by atoms with Gasteiger partial charge in [-0.1, -0.05) is 24.3 Å². The van der Waals surface area contributed by atoms with Crippen LogP contribution >= 0.6 is 11.6 Å². The Kier molecular flexibility index (Phi) is 4.91. The first-order valence-corrected chi connectivity index (χ1v) is 6.92. The quantitative estimate of drug-likeness (QED) is 0.361. The molecule has 0 fully saturated rings. The third-order valence-corrected chi connectivity index (χ3v) is 2.70. The van der Waals surface area contributed by atoms with Crippen molar-refractivity contribution in [1.29, 1.82) is 0 Å². The number of carbonyl (C=O) groups excluding carboxylic acids is 1. The predicted octanol–water partition coefficient (Wildman–Crippen LogP) is 3.55. The minimum absolute atomic E-state index is 0.170. The number of carbonyl (C=O) groups is 1. The number of alkyl halides is 1. The Balaban J connectivity index is 1.84. The molecule has 0 aliphatic carbocycles. The number of allylic oxidation sites excluding steroid dienone is 2. The van der Waals surface area contributed by atoms with Gasteiger partial charge in [0.05, 0.1) is 4.87 Å². The van der Waals surface area contributed by atoms with Crippen molar-refractivity contribution in [2.75, 3.05) is 13.4 Å². The molecular weight excluding hydrogens is 292 g/mol. The molecule has 1 aliphatic heterocycles. The van der Waals surface area contributed by atoms with Gasteiger partial charge >= 0.3 is 5.97 Å². The van der Waals surface area contributed by atoms with Crippen LogP contribution in [0.1, 0.15) is 19.4 Å². The Morgan fingerprint density at radius 2 is 2.10 bits per heavy atom. The summed E-state index contributed by atoms with van der Waals surface area (Å²) >= 11 is 5.93. The van der Waals surface area contributed by atoms with Crippen LogP contribution in [0.2, 0.25) is 0 Å². The minimum atomic E-state index is -0.550. The topological polar surface area (TPSA) is 44.8 Å². The molecule has 2 rings (SSSR count). The molecule has 112 valence electrons. The van der Waals surface area contributed by atoms with E-state index in [1.54, 1.807) is 26.0 Å².